The van der Waals surface area contributed by atoms with E-state index in [-0.39, 0.29) is 17.6 Å². The SMILES string of the molecule is CCc1nc(C)c(C(=O)N(CC)C2CCOC(C)(C)C2)s1. The molecule has 2 rings (SSSR count). The second kappa shape index (κ2) is 6.44. The first-order chi connectivity index (χ1) is 9.88. The second-order valence-electron chi connectivity index (χ2n) is 6.22. The number of aromatic nitrogens is 1. The number of carbonyl (C=O) groups excluding carboxylic acids is 1. The zero-order valence-corrected chi connectivity index (χ0v) is 14.5. The van der Waals surface area contributed by atoms with E-state index in [1.807, 2.05) is 11.8 Å². The van der Waals surface area contributed by atoms with E-state index in [1.165, 1.54) is 0 Å². The molecule has 0 saturated carbocycles. The molecule has 21 heavy (non-hydrogen) atoms. The van der Waals surface area contributed by atoms with Gasteiger partial charge in [-0.05, 0) is 47.0 Å². The van der Waals surface area contributed by atoms with E-state index in [9.17, 15) is 4.79 Å². The Morgan fingerprint density at radius 2 is 2.19 bits per heavy atom. The molecular formula is C16H26N2O2S. The summed E-state index contributed by atoms with van der Waals surface area (Å²) in [6.07, 6.45) is 2.70. The highest BCUT2D eigenvalue weighted by atomic mass is 32.1. The van der Waals surface area contributed by atoms with Gasteiger partial charge in [0.2, 0.25) is 0 Å². The molecular weight excluding hydrogens is 284 g/mol. The van der Waals surface area contributed by atoms with E-state index < -0.39 is 0 Å². The van der Waals surface area contributed by atoms with Crippen LogP contribution in [0.5, 0.6) is 0 Å². The van der Waals surface area contributed by atoms with Gasteiger partial charge in [-0.15, -0.1) is 11.3 Å². The highest BCUT2D eigenvalue weighted by Gasteiger charge is 2.34. The van der Waals surface area contributed by atoms with E-state index >= 15 is 0 Å². The summed E-state index contributed by atoms with van der Waals surface area (Å²) in [7, 11) is 0. The predicted molar refractivity (Wildman–Crippen MR) is 86.0 cm³/mol. The Labute approximate surface area is 131 Å². The zero-order chi connectivity index (χ0) is 15.6. The normalized spacial score (nSPS) is 21.3. The van der Waals surface area contributed by atoms with Crippen LogP contribution in [0, 0.1) is 6.92 Å². The lowest BCUT2D eigenvalue weighted by Gasteiger charge is -2.40. The van der Waals surface area contributed by atoms with Crippen LogP contribution in [0.15, 0.2) is 0 Å². The molecule has 4 nitrogen and oxygen atoms in total. The molecule has 1 aromatic rings. The Hall–Kier alpha value is -0.940. The molecule has 1 aliphatic rings. The Bertz CT molecular complexity index is 510. The predicted octanol–water partition coefficient (Wildman–Crippen LogP) is 3.43. The number of hydrogen-bond donors (Lipinski definition) is 0. The summed E-state index contributed by atoms with van der Waals surface area (Å²) in [5, 5.41) is 1.04. The molecule has 0 bridgehead atoms. The zero-order valence-electron chi connectivity index (χ0n) is 13.7. The van der Waals surface area contributed by atoms with Gasteiger partial charge in [0.25, 0.3) is 5.91 Å². The first kappa shape index (κ1) is 16.4. The van der Waals surface area contributed by atoms with Crippen molar-refractivity contribution in [3.63, 3.8) is 0 Å². The maximum atomic E-state index is 12.9. The number of carbonyl (C=O) groups is 1. The van der Waals surface area contributed by atoms with Gasteiger partial charge in [0, 0.05) is 19.2 Å². The van der Waals surface area contributed by atoms with Crippen LogP contribution in [0.2, 0.25) is 0 Å². The number of thiazole rings is 1. The number of nitrogens with zero attached hydrogens (tertiary/aromatic N) is 2. The van der Waals surface area contributed by atoms with Gasteiger partial charge in [0.05, 0.1) is 16.3 Å². The summed E-state index contributed by atoms with van der Waals surface area (Å²) in [6.45, 7) is 11.7. The van der Waals surface area contributed by atoms with Crippen molar-refractivity contribution in [3.05, 3.63) is 15.6 Å². The maximum Gasteiger partial charge on any atom is 0.266 e. The van der Waals surface area contributed by atoms with Gasteiger partial charge in [-0.3, -0.25) is 4.79 Å². The van der Waals surface area contributed by atoms with Crippen molar-refractivity contribution >= 4 is 17.2 Å². The molecule has 0 radical (unpaired) electrons. The molecule has 1 unspecified atom stereocenters. The molecule has 1 amide bonds. The molecule has 0 N–H and O–H groups in total. The Balaban J connectivity index is 2.20. The van der Waals surface area contributed by atoms with Crippen molar-refractivity contribution in [1.82, 2.24) is 9.88 Å². The van der Waals surface area contributed by atoms with Gasteiger partial charge in [-0.2, -0.15) is 0 Å². The minimum atomic E-state index is -0.145. The number of ether oxygens (including phenoxy) is 1. The maximum absolute atomic E-state index is 12.9. The highest BCUT2D eigenvalue weighted by molar-refractivity contribution is 7.13. The lowest BCUT2D eigenvalue weighted by Crippen LogP contribution is -2.48. The molecule has 1 fully saturated rings. The summed E-state index contributed by atoms with van der Waals surface area (Å²) in [5.41, 5.74) is 0.722. The van der Waals surface area contributed by atoms with Crippen molar-refractivity contribution in [2.24, 2.45) is 0 Å². The third kappa shape index (κ3) is 3.64. The molecule has 0 aromatic carbocycles. The average Bonchev–Trinajstić information content (AvgIpc) is 2.79. The fourth-order valence-corrected chi connectivity index (χ4v) is 3.93. The summed E-state index contributed by atoms with van der Waals surface area (Å²) < 4.78 is 5.77. The average molecular weight is 310 g/mol. The van der Waals surface area contributed by atoms with Crippen molar-refractivity contribution < 1.29 is 9.53 Å². The molecule has 1 aliphatic heterocycles. The monoisotopic (exact) mass is 310 g/mol. The van der Waals surface area contributed by atoms with Crippen molar-refractivity contribution in [3.8, 4) is 0 Å². The minimum absolute atomic E-state index is 0.134. The topological polar surface area (TPSA) is 42.4 Å². The summed E-state index contributed by atoms with van der Waals surface area (Å²) >= 11 is 1.54. The van der Waals surface area contributed by atoms with Gasteiger partial charge >= 0.3 is 0 Å². The minimum Gasteiger partial charge on any atom is -0.375 e. The van der Waals surface area contributed by atoms with Crippen molar-refractivity contribution in [2.75, 3.05) is 13.2 Å². The first-order valence-corrected chi connectivity index (χ1v) is 8.60. The van der Waals surface area contributed by atoms with Crippen LogP contribution in [-0.4, -0.2) is 40.6 Å². The van der Waals surface area contributed by atoms with Gasteiger partial charge in [-0.25, -0.2) is 4.98 Å². The molecule has 2 heterocycles. The van der Waals surface area contributed by atoms with Crippen LogP contribution in [0.3, 0.4) is 0 Å². The van der Waals surface area contributed by atoms with Crippen molar-refractivity contribution in [2.45, 2.75) is 65.5 Å². The molecule has 1 atom stereocenters. The Kier molecular flexibility index (Phi) is 5.04. The number of amides is 1. The van der Waals surface area contributed by atoms with Crippen LogP contribution in [0.1, 0.15) is 60.9 Å². The van der Waals surface area contributed by atoms with Crippen LogP contribution in [-0.2, 0) is 11.2 Å². The van der Waals surface area contributed by atoms with Gasteiger partial charge < -0.3 is 9.64 Å². The standard InChI is InChI=1S/C16H26N2O2S/c1-6-13-17-11(3)14(21-13)15(19)18(7-2)12-8-9-20-16(4,5)10-12/h12H,6-10H2,1-5H3. The third-order valence-corrected chi connectivity index (χ3v) is 5.34. The Morgan fingerprint density at radius 1 is 1.48 bits per heavy atom. The molecule has 1 aromatic heterocycles. The van der Waals surface area contributed by atoms with E-state index in [0.29, 0.717) is 0 Å². The highest BCUT2D eigenvalue weighted by Crippen LogP contribution is 2.29. The van der Waals surface area contributed by atoms with E-state index in [1.54, 1.807) is 11.3 Å². The van der Waals surface area contributed by atoms with E-state index in [2.05, 4.69) is 32.7 Å². The number of aryl methyl sites for hydroxylation is 2. The Morgan fingerprint density at radius 3 is 2.71 bits per heavy atom. The summed E-state index contributed by atoms with van der Waals surface area (Å²) in [5.74, 6) is 0.134. The van der Waals surface area contributed by atoms with Crippen LogP contribution in [0.4, 0.5) is 0 Å². The summed E-state index contributed by atoms with van der Waals surface area (Å²) in [6, 6.07) is 0.262. The number of rotatable bonds is 4. The van der Waals surface area contributed by atoms with Gasteiger partial charge in [-0.1, -0.05) is 6.92 Å². The van der Waals surface area contributed by atoms with Crippen molar-refractivity contribution in [1.29, 1.82) is 0 Å². The lowest BCUT2D eigenvalue weighted by atomic mass is 9.92. The van der Waals surface area contributed by atoms with Gasteiger partial charge in [0.15, 0.2) is 0 Å². The molecule has 0 spiro atoms. The van der Waals surface area contributed by atoms with Crippen LogP contribution in [0.25, 0.3) is 0 Å². The van der Waals surface area contributed by atoms with E-state index in [4.69, 9.17) is 4.74 Å². The molecule has 0 aliphatic carbocycles. The smallest absolute Gasteiger partial charge is 0.266 e. The van der Waals surface area contributed by atoms with Gasteiger partial charge in [0.1, 0.15) is 4.88 Å². The largest absolute Gasteiger partial charge is 0.375 e. The van der Waals surface area contributed by atoms with Crippen LogP contribution >= 0.6 is 11.3 Å². The second-order valence-corrected chi connectivity index (χ2v) is 7.31. The third-order valence-electron chi connectivity index (χ3n) is 4.05. The molecule has 1 saturated heterocycles. The lowest BCUT2D eigenvalue weighted by molar-refractivity contribution is -0.0776. The van der Waals surface area contributed by atoms with E-state index in [0.717, 1.165) is 48.0 Å². The molecule has 5 heteroatoms. The quantitative estimate of drug-likeness (QED) is 0.855. The fraction of sp³-hybridized carbons (Fsp3) is 0.750. The first-order valence-electron chi connectivity index (χ1n) is 7.79. The summed E-state index contributed by atoms with van der Waals surface area (Å²) in [4.78, 5) is 20.2. The van der Waals surface area contributed by atoms with Crippen LogP contribution < -0.4 is 0 Å². The number of hydrogen-bond acceptors (Lipinski definition) is 4. The fourth-order valence-electron chi connectivity index (χ4n) is 2.97. The molecule has 118 valence electrons.